The molecule has 0 saturated carbocycles. The highest BCUT2D eigenvalue weighted by Gasteiger charge is 2.17. The van der Waals surface area contributed by atoms with Gasteiger partial charge in [-0.25, -0.2) is 14.4 Å². The molecule has 1 aliphatic heterocycles. The van der Waals surface area contributed by atoms with Gasteiger partial charge in [0.05, 0.1) is 17.6 Å². The number of hydrogen-bond acceptors (Lipinski definition) is 7. The van der Waals surface area contributed by atoms with Gasteiger partial charge < -0.3 is 15.0 Å². The summed E-state index contributed by atoms with van der Waals surface area (Å²) >= 11 is 0. The van der Waals surface area contributed by atoms with Gasteiger partial charge >= 0.3 is 0 Å². The van der Waals surface area contributed by atoms with Gasteiger partial charge in [-0.05, 0) is 73.5 Å². The predicted molar refractivity (Wildman–Crippen MR) is 168 cm³/mol. The lowest BCUT2D eigenvalue weighted by Gasteiger charge is -2.15. The highest BCUT2D eigenvalue weighted by Crippen LogP contribution is 2.35. The van der Waals surface area contributed by atoms with Gasteiger partial charge in [0.2, 0.25) is 5.91 Å². The maximum Gasteiger partial charge on any atom is 0.224 e. The molecular weight excluding hydrogens is 559 g/mol. The number of H-pyrrole nitrogens is 2. The second-order valence-electron chi connectivity index (χ2n) is 10.9. The van der Waals surface area contributed by atoms with Crippen molar-refractivity contribution in [3.8, 4) is 39.4 Å². The van der Waals surface area contributed by atoms with E-state index >= 15 is 0 Å². The Bertz CT molecular complexity index is 1980. The number of aromatic nitrogens is 6. The monoisotopic (exact) mass is 590 g/mol. The molecule has 1 aromatic carbocycles. The molecule has 3 N–H and O–H groups in total. The van der Waals surface area contributed by atoms with Crippen LogP contribution in [0.1, 0.15) is 26.2 Å². The van der Waals surface area contributed by atoms with E-state index in [-0.39, 0.29) is 11.7 Å². The molecule has 11 heteroatoms. The van der Waals surface area contributed by atoms with E-state index < -0.39 is 0 Å². The van der Waals surface area contributed by atoms with E-state index in [1.165, 1.54) is 25.0 Å². The number of hydrogen-bond donors (Lipinski definition) is 3. The number of aromatic amines is 2. The first-order chi connectivity index (χ1) is 21.5. The number of amides is 1. The number of fused-ring (bicyclic) bond motifs is 2. The van der Waals surface area contributed by atoms with Crippen molar-refractivity contribution in [1.82, 2.24) is 35.0 Å². The zero-order chi connectivity index (χ0) is 30.0. The molecule has 0 aliphatic carbocycles. The molecule has 0 spiro atoms. The van der Waals surface area contributed by atoms with Gasteiger partial charge in [-0.2, -0.15) is 5.10 Å². The van der Waals surface area contributed by atoms with Gasteiger partial charge in [0.25, 0.3) is 0 Å². The van der Waals surface area contributed by atoms with Gasteiger partial charge in [-0.15, -0.1) is 0 Å². The van der Waals surface area contributed by atoms with Gasteiger partial charge in [0.15, 0.2) is 5.65 Å². The number of carbonyl (C=O) groups is 1. The van der Waals surface area contributed by atoms with Crippen LogP contribution < -0.4 is 10.1 Å². The Balaban J connectivity index is 1.20. The molecule has 0 unspecified atom stereocenters. The van der Waals surface area contributed by atoms with Crippen molar-refractivity contribution in [2.75, 3.05) is 31.6 Å². The topological polar surface area (TPSA) is 125 Å². The van der Waals surface area contributed by atoms with Crippen molar-refractivity contribution in [2.45, 2.75) is 26.2 Å². The molecule has 44 heavy (non-hydrogen) atoms. The van der Waals surface area contributed by atoms with E-state index in [4.69, 9.17) is 4.74 Å². The first-order valence-electron chi connectivity index (χ1n) is 14.8. The van der Waals surface area contributed by atoms with Crippen molar-refractivity contribution < 1.29 is 13.9 Å². The van der Waals surface area contributed by atoms with Crippen LogP contribution in [0.15, 0.2) is 67.3 Å². The third-order valence-corrected chi connectivity index (χ3v) is 7.94. The number of nitrogens with zero attached hydrogens (tertiary/aromatic N) is 5. The molecule has 222 valence electrons. The summed E-state index contributed by atoms with van der Waals surface area (Å²) in [6, 6.07) is 12.5. The van der Waals surface area contributed by atoms with E-state index in [1.54, 1.807) is 31.7 Å². The zero-order valence-corrected chi connectivity index (χ0v) is 24.2. The molecule has 1 saturated heterocycles. The minimum absolute atomic E-state index is 0.0825. The van der Waals surface area contributed by atoms with E-state index in [1.807, 2.05) is 30.3 Å². The fourth-order valence-corrected chi connectivity index (χ4v) is 5.69. The number of halogens is 1. The number of benzene rings is 1. The molecule has 7 rings (SSSR count). The first kappa shape index (κ1) is 27.7. The summed E-state index contributed by atoms with van der Waals surface area (Å²) in [6.45, 7) is 5.33. The lowest BCUT2D eigenvalue weighted by molar-refractivity contribution is -0.115. The number of anilines is 1. The standard InChI is InChI=1S/C33H31FN8O2/c1-2-30(43)38-24-12-21(17-35-19-24)22-14-28-31(40-41-33(28)37-18-22)29-16-27-26(5-6-36-32(27)39-29)20-11-23(34)15-25(13-20)44-10-9-42-7-3-4-8-42/h5-6,11-19H,2-4,7-10H2,1H3,(H,36,39)(H,38,43)(H,37,40,41). The second-order valence-corrected chi connectivity index (χ2v) is 10.9. The molecule has 0 radical (unpaired) electrons. The Morgan fingerprint density at radius 2 is 1.84 bits per heavy atom. The second kappa shape index (κ2) is 11.8. The number of nitrogens with one attached hydrogen (secondary N) is 3. The van der Waals surface area contributed by atoms with Crippen LogP contribution in [0.2, 0.25) is 0 Å². The normalized spacial score (nSPS) is 13.6. The summed E-state index contributed by atoms with van der Waals surface area (Å²) in [5.41, 5.74) is 6.49. The first-order valence-corrected chi connectivity index (χ1v) is 14.8. The molecule has 1 amide bonds. The molecule has 6 heterocycles. The molecule has 1 fully saturated rings. The van der Waals surface area contributed by atoms with Gasteiger partial charge in [-0.3, -0.25) is 19.8 Å². The molecule has 5 aromatic heterocycles. The largest absolute Gasteiger partial charge is 0.492 e. The fourth-order valence-electron chi connectivity index (χ4n) is 5.69. The quantitative estimate of drug-likeness (QED) is 0.183. The average Bonchev–Trinajstić information content (AvgIpc) is 3.80. The Labute approximate surface area is 252 Å². The summed E-state index contributed by atoms with van der Waals surface area (Å²) < 4.78 is 20.7. The zero-order valence-electron chi connectivity index (χ0n) is 24.2. The van der Waals surface area contributed by atoms with Crippen LogP contribution in [0, 0.1) is 5.82 Å². The van der Waals surface area contributed by atoms with Crippen LogP contribution in [0.25, 0.3) is 55.7 Å². The van der Waals surface area contributed by atoms with E-state index in [0.717, 1.165) is 52.8 Å². The van der Waals surface area contributed by atoms with E-state index in [2.05, 4.69) is 40.3 Å². The molecular formula is C33H31FN8O2. The van der Waals surface area contributed by atoms with Crippen LogP contribution in [-0.4, -0.2) is 67.2 Å². The van der Waals surface area contributed by atoms with Crippen molar-refractivity contribution in [2.24, 2.45) is 0 Å². The van der Waals surface area contributed by atoms with Gasteiger partial charge in [0.1, 0.15) is 29.5 Å². The van der Waals surface area contributed by atoms with Crippen LogP contribution in [0.4, 0.5) is 10.1 Å². The molecule has 10 nitrogen and oxygen atoms in total. The average molecular weight is 591 g/mol. The molecule has 6 aromatic rings. The SMILES string of the molecule is CCC(=O)Nc1cncc(-c2cnc3[nH]nc(-c4cc5c(-c6cc(F)cc(OCCN7CCCC7)c6)ccnc5[nH]4)c3c2)c1. The third kappa shape index (κ3) is 5.61. The number of rotatable bonds is 9. The minimum atomic E-state index is -0.357. The highest BCUT2D eigenvalue weighted by molar-refractivity contribution is 6.00. The predicted octanol–water partition coefficient (Wildman–Crippen LogP) is 6.19. The summed E-state index contributed by atoms with van der Waals surface area (Å²) in [5.74, 6) is 0.0645. The van der Waals surface area contributed by atoms with Crippen molar-refractivity contribution in [3.05, 3.63) is 73.1 Å². The van der Waals surface area contributed by atoms with E-state index in [9.17, 15) is 9.18 Å². The third-order valence-electron chi connectivity index (χ3n) is 7.94. The summed E-state index contributed by atoms with van der Waals surface area (Å²) in [4.78, 5) is 31.0. The summed E-state index contributed by atoms with van der Waals surface area (Å²) in [7, 11) is 0. The number of carbonyl (C=O) groups excluding carboxylic acids is 1. The fraction of sp³-hybridized carbons (Fsp3) is 0.242. The molecule has 0 atom stereocenters. The lowest BCUT2D eigenvalue weighted by atomic mass is 10.0. The van der Waals surface area contributed by atoms with Crippen LogP contribution >= 0.6 is 0 Å². The smallest absolute Gasteiger partial charge is 0.224 e. The van der Waals surface area contributed by atoms with E-state index in [0.29, 0.717) is 47.0 Å². The number of ether oxygens (including phenoxy) is 1. The van der Waals surface area contributed by atoms with Crippen molar-refractivity contribution in [3.63, 3.8) is 0 Å². The minimum Gasteiger partial charge on any atom is -0.492 e. The number of likely N-dealkylation sites (tertiary alicyclic amines) is 1. The summed E-state index contributed by atoms with van der Waals surface area (Å²) in [6.07, 6.45) is 9.61. The Hall–Kier alpha value is -5.16. The lowest BCUT2D eigenvalue weighted by Crippen LogP contribution is -2.25. The van der Waals surface area contributed by atoms with Crippen molar-refractivity contribution in [1.29, 1.82) is 0 Å². The maximum absolute atomic E-state index is 14.8. The Morgan fingerprint density at radius 1 is 0.977 bits per heavy atom. The Kier molecular flexibility index (Phi) is 7.45. The summed E-state index contributed by atoms with van der Waals surface area (Å²) in [5, 5.41) is 12.1. The van der Waals surface area contributed by atoms with Crippen molar-refractivity contribution >= 4 is 33.7 Å². The highest BCUT2D eigenvalue weighted by atomic mass is 19.1. The molecule has 0 bridgehead atoms. The number of pyridine rings is 3. The van der Waals surface area contributed by atoms with Gasteiger partial charge in [0, 0.05) is 59.5 Å². The Morgan fingerprint density at radius 3 is 2.70 bits per heavy atom. The van der Waals surface area contributed by atoms with Crippen LogP contribution in [-0.2, 0) is 4.79 Å². The van der Waals surface area contributed by atoms with Gasteiger partial charge in [-0.1, -0.05) is 6.92 Å². The maximum atomic E-state index is 14.8. The molecule has 1 aliphatic rings. The van der Waals surface area contributed by atoms with Crippen LogP contribution in [0.3, 0.4) is 0 Å². The van der Waals surface area contributed by atoms with Crippen LogP contribution in [0.5, 0.6) is 5.75 Å².